The van der Waals surface area contributed by atoms with E-state index in [9.17, 15) is 9.59 Å². The minimum atomic E-state index is -0.511. The number of nitrogens with zero attached hydrogens (tertiary/aromatic N) is 1. The lowest BCUT2D eigenvalue weighted by molar-refractivity contribution is -0.123. The Labute approximate surface area is 200 Å². The van der Waals surface area contributed by atoms with Crippen LogP contribution >= 0.6 is 0 Å². The Kier molecular flexibility index (Phi) is 9.76. The lowest BCUT2D eigenvalue weighted by Crippen LogP contribution is -2.37. The lowest BCUT2D eigenvalue weighted by Gasteiger charge is -2.17. The van der Waals surface area contributed by atoms with Crippen LogP contribution in [0.4, 0.5) is 0 Å². The van der Waals surface area contributed by atoms with Crippen LogP contribution in [0.1, 0.15) is 35.2 Å². The quantitative estimate of drug-likeness (QED) is 0.362. The molecule has 1 amide bonds. The summed E-state index contributed by atoms with van der Waals surface area (Å²) in [4.78, 5) is 29.8. The zero-order valence-electron chi connectivity index (χ0n) is 19.5. The highest BCUT2D eigenvalue weighted by atomic mass is 16.5. The van der Waals surface area contributed by atoms with E-state index in [1.165, 1.54) is 0 Å². The molecule has 0 aliphatic rings. The maximum atomic E-state index is 13.0. The molecule has 34 heavy (non-hydrogen) atoms. The Morgan fingerprint density at radius 2 is 1.68 bits per heavy atom. The summed E-state index contributed by atoms with van der Waals surface area (Å²) in [5.74, 6) is 0.177. The fourth-order valence-corrected chi connectivity index (χ4v) is 3.54. The number of hydrogen-bond acceptors (Lipinski definition) is 6. The Bertz CT molecular complexity index is 1040. The van der Waals surface area contributed by atoms with Crippen molar-refractivity contribution >= 4 is 11.7 Å². The summed E-state index contributed by atoms with van der Waals surface area (Å²) in [6.07, 6.45) is 1.98. The van der Waals surface area contributed by atoms with Gasteiger partial charge in [-0.15, -0.1) is 0 Å². The molecule has 0 bridgehead atoms. The molecule has 178 valence electrons. The van der Waals surface area contributed by atoms with Crippen LogP contribution in [0.3, 0.4) is 0 Å². The Morgan fingerprint density at radius 1 is 0.971 bits per heavy atom. The average Bonchev–Trinajstić information content (AvgIpc) is 2.87. The van der Waals surface area contributed by atoms with Crippen molar-refractivity contribution in [2.75, 3.05) is 19.7 Å². The number of aromatic nitrogens is 1. The summed E-state index contributed by atoms with van der Waals surface area (Å²) in [5.41, 5.74) is 9.26. The van der Waals surface area contributed by atoms with E-state index in [0.717, 1.165) is 22.4 Å². The molecule has 1 atom stereocenters. The zero-order valence-corrected chi connectivity index (χ0v) is 19.5. The van der Waals surface area contributed by atoms with Crippen molar-refractivity contribution in [2.24, 2.45) is 5.73 Å². The van der Waals surface area contributed by atoms with Gasteiger partial charge in [-0.25, -0.2) is 0 Å². The number of ether oxygens (including phenoxy) is 1. The molecule has 0 radical (unpaired) electrons. The molecule has 7 nitrogen and oxygen atoms in total. The molecule has 2 aromatic carbocycles. The van der Waals surface area contributed by atoms with E-state index in [2.05, 4.69) is 15.6 Å². The standard InChI is InChI=1S/C27H32N4O3/c1-2-34-24-12-10-20(11-13-24)15-23(32)18-29-19-25(26-5-3-4-14-30-26)27(33)31-17-22-8-6-21(16-28)7-9-22/h3-14,25,29H,2,15-19,28H2,1H3,(H,31,33)/t25-/m0/s1. The van der Waals surface area contributed by atoms with Gasteiger partial charge in [0.1, 0.15) is 5.75 Å². The van der Waals surface area contributed by atoms with Crippen LogP contribution in [-0.4, -0.2) is 36.4 Å². The maximum absolute atomic E-state index is 13.0. The number of carbonyl (C=O) groups is 2. The summed E-state index contributed by atoms with van der Waals surface area (Å²) in [6.45, 7) is 3.91. The lowest BCUT2D eigenvalue weighted by atomic mass is 10.0. The van der Waals surface area contributed by atoms with Crippen molar-refractivity contribution in [3.8, 4) is 5.75 Å². The first-order chi connectivity index (χ1) is 16.6. The number of carbonyl (C=O) groups excluding carboxylic acids is 2. The van der Waals surface area contributed by atoms with Crippen molar-refractivity contribution in [1.82, 2.24) is 15.6 Å². The van der Waals surface area contributed by atoms with Gasteiger partial charge in [-0.05, 0) is 47.9 Å². The smallest absolute Gasteiger partial charge is 0.230 e. The number of nitrogens with two attached hydrogens (primary N) is 1. The normalized spacial score (nSPS) is 11.6. The van der Waals surface area contributed by atoms with E-state index >= 15 is 0 Å². The van der Waals surface area contributed by atoms with Crippen LogP contribution in [0.25, 0.3) is 0 Å². The Morgan fingerprint density at radius 3 is 2.32 bits per heavy atom. The third-order valence-corrected chi connectivity index (χ3v) is 5.39. The first-order valence-electron chi connectivity index (χ1n) is 11.5. The monoisotopic (exact) mass is 460 g/mol. The SMILES string of the molecule is CCOc1ccc(CC(=O)CNC[C@H](C(=O)NCc2ccc(CN)cc2)c2ccccn2)cc1. The molecule has 0 spiro atoms. The number of pyridine rings is 1. The van der Waals surface area contributed by atoms with Crippen LogP contribution in [0.15, 0.2) is 72.9 Å². The molecule has 1 aromatic heterocycles. The predicted molar refractivity (Wildman–Crippen MR) is 132 cm³/mol. The van der Waals surface area contributed by atoms with Gasteiger partial charge in [0.2, 0.25) is 5.91 Å². The van der Waals surface area contributed by atoms with Crippen LogP contribution in [-0.2, 0) is 29.1 Å². The second-order valence-corrected chi connectivity index (χ2v) is 7.97. The van der Waals surface area contributed by atoms with Crippen LogP contribution in [0.5, 0.6) is 5.75 Å². The molecule has 0 aliphatic heterocycles. The second-order valence-electron chi connectivity index (χ2n) is 7.97. The van der Waals surface area contributed by atoms with Crippen LogP contribution in [0.2, 0.25) is 0 Å². The maximum Gasteiger partial charge on any atom is 0.230 e. The molecule has 0 unspecified atom stereocenters. The summed E-state index contributed by atoms with van der Waals surface area (Å²) in [7, 11) is 0. The van der Waals surface area contributed by atoms with E-state index in [0.29, 0.717) is 38.4 Å². The van der Waals surface area contributed by atoms with Gasteiger partial charge >= 0.3 is 0 Å². The van der Waals surface area contributed by atoms with Gasteiger partial charge in [-0.2, -0.15) is 0 Å². The fraction of sp³-hybridized carbons (Fsp3) is 0.296. The average molecular weight is 461 g/mol. The van der Waals surface area contributed by atoms with E-state index < -0.39 is 5.92 Å². The molecule has 3 aromatic rings. The summed E-state index contributed by atoms with van der Waals surface area (Å²) in [6, 6.07) is 20.8. The molecule has 7 heteroatoms. The Balaban J connectivity index is 1.53. The van der Waals surface area contributed by atoms with Crippen molar-refractivity contribution in [1.29, 1.82) is 0 Å². The molecule has 0 fully saturated rings. The largest absolute Gasteiger partial charge is 0.494 e. The number of hydrogen-bond donors (Lipinski definition) is 3. The second kappa shape index (κ2) is 13.2. The minimum Gasteiger partial charge on any atom is -0.494 e. The predicted octanol–water partition coefficient (Wildman–Crippen LogP) is 2.74. The fourth-order valence-electron chi connectivity index (χ4n) is 3.54. The van der Waals surface area contributed by atoms with Crippen LogP contribution in [0, 0.1) is 0 Å². The zero-order chi connectivity index (χ0) is 24.2. The number of ketones is 1. The van der Waals surface area contributed by atoms with E-state index in [4.69, 9.17) is 10.5 Å². The molecular weight excluding hydrogens is 428 g/mol. The van der Waals surface area contributed by atoms with E-state index in [-0.39, 0.29) is 18.2 Å². The first kappa shape index (κ1) is 25.1. The van der Waals surface area contributed by atoms with E-state index in [1.807, 2.05) is 73.7 Å². The highest BCUT2D eigenvalue weighted by Crippen LogP contribution is 2.14. The third kappa shape index (κ3) is 7.79. The van der Waals surface area contributed by atoms with Crippen LogP contribution < -0.4 is 21.1 Å². The van der Waals surface area contributed by atoms with Gasteiger partial charge in [-0.1, -0.05) is 42.5 Å². The summed E-state index contributed by atoms with van der Waals surface area (Å²) < 4.78 is 5.43. The van der Waals surface area contributed by atoms with Gasteiger partial charge in [-0.3, -0.25) is 14.6 Å². The highest BCUT2D eigenvalue weighted by molar-refractivity contribution is 5.84. The van der Waals surface area contributed by atoms with E-state index in [1.54, 1.807) is 6.20 Å². The summed E-state index contributed by atoms with van der Waals surface area (Å²) >= 11 is 0. The topological polar surface area (TPSA) is 106 Å². The van der Waals surface area contributed by atoms with Gasteiger partial charge < -0.3 is 21.1 Å². The summed E-state index contributed by atoms with van der Waals surface area (Å²) in [5, 5.41) is 6.12. The van der Waals surface area contributed by atoms with Gasteiger partial charge in [0, 0.05) is 32.3 Å². The Hall–Kier alpha value is -3.55. The highest BCUT2D eigenvalue weighted by Gasteiger charge is 2.21. The molecule has 4 N–H and O–H groups in total. The third-order valence-electron chi connectivity index (χ3n) is 5.39. The van der Waals surface area contributed by atoms with Gasteiger partial charge in [0.05, 0.1) is 24.8 Å². The van der Waals surface area contributed by atoms with Gasteiger partial charge in [0.25, 0.3) is 0 Å². The molecule has 0 saturated carbocycles. The minimum absolute atomic E-state index is 0.0457. The molecule has 0 saturated heterocycles. The van der Waals surface area contributed by atoms with Crippen molar-refractivity contribution in [2.45, 2.75) is 32.4 Å². The molecule has 0 aliphatic carbocycles. The molecule has 3 rings (SSSR count). The van der Waals surface area contributed by atoms with Crippen molar-refractivity contribution < 1.29 is 14.3 Å². The van der Waals surface area contributed by atoms with Gasteiger partial charge in [0.15, 0.2) is 5.78 Å². The number of Topliss-reactive ketones (excluding diaryl/α,β-unsaturated/α-hetero) is 1. The van der Waals surface area contributed by atoms with Crippen molar-refractivity contribution in [3.63, 3.8) is 0 Å². The molecular formula is C27H32N4O3. The number of rotatable bonds is 13. The molecule has 1 heterocycles. The van der Waals surface area contributed by atoms with Crippen molar-refractivity contribution in [3.05, 3.63) is 95.3 Å². The number of amides is 1. The number of nitrogens with one attached hydrogen (secondary N) is 2. The first-order valence-corrected chi connectivity index (χ1v) is 11.5. The number of benzene rings is 2.